The maximum absolute atomic E-state index is 13.1. The molecule has 1 rings (SSSR count). The second-order valence-electron chi connectivity index (χ2n) is 5.05. The van der Waals surface area contributed by atoms with Crippen LogP contribution in [0.4, 0.5) is 4.39 Å². The van der Waals surface area contributed by atoms with Gasteiger partial charge in [0, 0.05) is 18.7 Å². The first-order valence-electron chi connectivity index (χ1n) is 5.82. The van der Waals surface area contributed by atoms with Crippen LogP contribution in [0.5, 0.6) is 0 Å². The van der Waals surface area contributed by atoms with Crippen LogP contribution >= 0.6 is 15.9 Å². The van der Waals surface area contributed by atoms with Crippen LogP contribution in [0.2, 0.25) is 0 Å². The van der Waals surface area contributed by atoms with E-state index in [0.29, 0.717) is 12.1 Å². The fraction of sp³-hybridized carbons (Fsp3) is 0.462. The molecule has 4 nitrogen and oxygen atoms in total. The Balaban J connectivity index is 2.62. The van der Waals surface area contributed by atoms with Gasteiger partial charge in [-0.2, -0.15) is 0 Å². The highest BCUT2D eigenvalue weighted by Crippen LogP contribution is 2.16. The van der Waals surface area contributed by atoms with Crippen molar-refractivity contribution in [1.82, 2.24) is 10.2 Å². The first-order chi connectivity index (χ1) is 8.71. The standard InChI is InChI=1S/C13H18BrFN2O2/c1-13(19,8-17(2)3)7-16-12(18)9-4-5-11(15)10(14)6-9/h4-6,19H,7-8H2,1-3H3,(H,16,18). The van der Waals surface area contributed by atoms with Crippen LogP contribution in [0.15, 0.2) is 22.7 Å². The molecule has 0 aromatic heterocycles. The summed E-state index contributed by atoms with van der Waals surface area (Å²) >= 11 is 3.03. The summed E-state index contributed by atoms with van der Waals surface area (Å²) in [5, 5.41) is 12.7. The average molecular weight is 333 g/mol. The van der Waals surface area contributed by atoms with Gasteiger partial charge < -0.3 is 15.3 Å². The Hall–Kier alpha value is -0.980. The molecule has 0 bridgehead atoms. The molecule has 0 aliphatic rings. The highest BCUT2D eigenvalue weighted by atomic mass is 79.9. The minimum absolute atomic E-state index is 0.124. The molecule has 0 saturated carbocycles. The Morgan fingerprint density at radius 1 is 1.53 bits per heavy atom. The summed E-state index contributed by atoms with van der Waals surface area (Å²) in [5.74, 6) is -0.768. The van der Waals surface area contributed by atoms with Crippen molar-refractivity contribution in [2.45, 2.75) is 12.5 Å². The van der Waals surface area contributed by atoms with Crippen LogP contribution in [-0.4, -0.2) is 48.7 Å². The van der Waals surface area contributed by atoms with Crippen molar-refractivity contribution < 1.29 is 14.3 Å². The molecule has 0 aliphatic carbocycles. The number of rotatable bonds is 5. The molecule has 0 heterocycles. The van der Waals surface area contributed by atoms with Crippen molar-refractivity contribution >= 4 is 21.8 Å². The Morgan fingerprint density at radius 2 is 2.16 bits per heavy atom. The van der Waals surface area contributed by atoms with E-state index < -0.39 is 11.4 Å². The predicted molar refractivity (Wildman–Crippen MR) is 75.6 cm³/mol. The molecule has 1 aromatic rings. The van der Waals surface area contributed by atoms with Crippen molar-refractivity contribution in [2.24, 2.45) is 0 Å². The Labute approximate surface area is 120 Å². The SMILES string of the molecule is CN(C)CC(C)(O)CNC(=O)c1ccc(F)c(Br)c1. The van der Waals surface area contributed by atoms with E-state index in [1.54, 1.807) is 6.92 Å². The maximum Gasteiger partial charge on any atom is 0.251 e. The van der Waals surface area contributed by atoms with Gasteiger partial charge in [-0.15, -0.1) is 0 Å². The van der Waals surface area contributed by atoms with Crippen LogP contribution < -0.4 is 5.32 Å². The highest BCUT2D eigenvalue weighted by Gasteiger charge is 2.22. The molecule has 1 unspecified atom stereocenters. The molecule has 0 saturated heterocycles. The number of hydrogen-bond donors (Lipinski definition) is 2. The third kappa shape index (κ3) is 5.26. The van der Waals surface area contributed by atoms with E-state index in [0.717, 1.165) is 0 Å². The fourth-order valence-corrected chi connectivity index (χ4v) is 2.13. The Kier molecular flexibility index (Phi) is 5.46. The molecular weight excluding hydrogens is 315 g/mol. The fourth-order valence-electron chi connectivity index (χ4n) is 1.75. The van der Waals surface area contributed by atoms with Crippen molar-refractivity contribution in [3.8, 4) is 0 Å². The quantitative estimate of drug-likeness (QED) is 0.861. The largest absolute Gasteiger partial charge is 0.387 e. The third-order valence-corrected chi connectivity index (χ3v) is 3.08. The summed E-state index contributed by atoms with van der Waals surface area (Å²) in [6, 6.07) is 4.03. The van der Waals surface area contributed by atoms with E-state index in [-0.39, 0.29) is 16.9 Å². The molecule has 0 spiro atoms. The number of aliphatic hydroxyl groups is 1. The highest BCUT2D eigenvalue weighted by molar-refractivity contribution is 9.10. The van der Waals surface area contributed by atoms with Crippen LogP contribution in [-0.2, 0) is 0 Å². The van der Waals surface area contributed by atoms with Crippen molar-refractivity contribution in [1.29, 1.82) is 0 Å². The Bertz CT molecular complexity index is 464. The lowest BCUT2D eigenvalue weighted by Crippen LogP contribution is -2.47. The summed E-state index contributed by atoms with van der Waals surface area (Å²) in [7, 11) is 3.68. The van der Waals surface area contributed by atoms with Crippen molar-refractivity contribution in [3.63, 3.8) is 0 Å². The van der Waals surface area contributed by atoms with Gasteiger partial charge in [0.25, 0.3) is 5.91 Å². The summed E-state index contributed by atoms with van der Waals surface area (Å²) in [5.41, 5.74) is -0.676. The van der Waals surface area contributed by atoms with Gasteiger partial charge in [-0.1, -0.05) is 0 Å². The van der Waals surface area contributed by atoms with Crippen LogP contribution in [0.25, 0.3) is 0 Å². The molecule has 0 radical (unpaired) electrons. The molecule has 0 fully saturated rings. The number of hydrogen-bond acceptors (Lipinski definition) is 3. The lowest BCUT2D eigenvalue weighted by Gasteiger charge is -2.27. The zero-order valence-corrected chi connectivity index (χ0v) is 12.8. The van der Waals surface area contributed by atoms with E-state index in [1.807, 2.05) is 19.0 Å². The minimum atomic E-state index is -1.02. The van der Waals surface area contributed by atoms with Crippen molar-refractivity contribution in [2.75, 3.05) is 27.2 Å². The lowest BCUT2D eigenvalue weighted by molar-refractivity contribution is 0.0326. The monoisotopic (exact) mass is 332 g/mol. The van der Waals surface area contributed by atoms with Crippen LogP contribution in [0.3, 0.4) is 0 Å². The molecule has 0 aliphatic heterocycles. The average Bonchev–Trinajstić information content (AvgIpc) is 2.28. The van der Waals surface area contributed by atoms with Crippen molar-refractivity contribution in [3.05, 3.63) is 34.1 Å². The van der Waals surface area contributed by atoms with Gasteiger partial charge in [0.2, 0.25) is 0 Å². The van der Waals surface area contributed by atoms with Gasteiger partial charge in [0.15, 0.2) is 0 Å². The minimum Gasteiger partial charge on any atom is -0.387 e. The number of nitrogens with zero attached hydrogens (tertiary/aromatic N) is 1. The van der Waals surface area contributed by atoms with Crippen LogP contribution in [0, 0.1) is 5.82 Å². The number of benzene rings is 1. The summed E-state index contributed by atoms with van der Waals surface area (Å²) < 4.78 is 13.3. The number of carbonyl (C=O) groups is 1. The topological polar surface area (TPSA) is 52.6 Å². The van der Waals surface area contributed by atoms with Gasteiger partial charge in [0.1, 0.15) is 5.82 Å². The zero-order chi connectivity index (χ0) is 14.6. The first kappa shape index (κ1) is 16.1. The van der Waals surface area contributed by atoms with Gasteiger partial charge in [-0.3, -0.25) is 4.79 Å². The first-order valence-corrected chi connectivity index (χ1v) is 6.61. The number of carbonyl (C=O) groups excluding carboxylic acids is 1. The molecule has 6 heteroatoms. The molecular formula is C13H18BrFN2O2. The Morgan fingerprint density at radius 3 is 2.68 bits per heavy atom. The summed E-state index contributed by atoms with van der Waals surface area (Å²) in [4.78, 5) is 13.7. The van der Waals surface area contributed by atoms with Gasteiger partial charge in [-0.05, 0) is 55.1 Å². The summed E-state index contributed by atoms with van der Waals surface area (Å²) in [6.45, 7) is 2.20. The predicted octanol–water partition coefficient (Wildman–Crippen LogP) is 1.63. The van der Waals surface area contributed by atoms with E-state index in [9.17, 15) is 14.3 Å². The van der Waals surface area contributed by atoms with E-state index in [1.165, 1.54) is 18.2 Å². The number of nitrogens with one attached hydrogen (secondary N) is 1. The maximum atomic E-state index is 13.1. The van der Waals surface area contributed by atoms with E-state index in [4.69, 9.17) is 0 Å². The van der Waals surface area contributed by atoms with Gasteiger partial charge in [-0.25, -0.2) is 4.39 Å². The zero-order valence-electron chi connectivity index (χ0n) is 11.2. The van der Waals surface area contributed by atoms with E-state index in [2.05, 4.69) is 21.2 Å². The normalized spacial score (nSPS) is 14.3. The van der Waals surface area contributed by atoms with Gasteiger partial charge in [0.05, 0.1) is 10.1 Å². The molecule has 2 N–H and O–H groups in total. The molecule has 1 atom stereocenters. The smallest absolute Gasteiger partial charge is 0.251 e. The lowest BCUT2D eigenvalue weighted by atomic mass is 10.1. The molecule has 1 amide bonds. The third-order valence-electron chi connectivity index (χ3n) is 2.47. The number of amides is 1. The van der Waals surface area contributed by atoms with Crippen LogP contribution in [0.1, 0.15) is 17.3 Å². The molecule has 106 valence electrons. The van der Waals surface area contributed by atoms with E-state index >= 15 is 0 Å². The second kappa shape index (κ2) is 6.45. The number of likely N-dealkylation sites (N-methyl/N-ethyl adjacent to an activating group) is 1. The second-order valence-corrected chi connectivity index (χ2v) is 5.90. The summed E-state index contributed by atoms with van der Waals surface area (Å²) in [6.07, 6.45) is 0. The van der Waals surface area contributed by atoms with Gasteiger partial charge >= 0.3 is 0 Å². The number of halogens is 2. The molecule has 19 heavy (non-hydrogen) atoms. The molecule has 1 aromatic carbocycles.